The maximum atomic E-state index is 9.15. The molecule has 5 heteroatoms. The molecule has 3 nitrogen and oxygen atoms in total. The fourth-order valence-corrected chi connectivity index (χ4v) is 0. The number of rotatable bonds is 0. The van der Waals surface area contributed by atoms with Crippen LogP contribution in [0.3, 0.4) is 0 Å². The summed E-state index contributed by atoms with van der Waals surface area (Å²) in [6, 6.07) is 0. The van der Waals surface area contributed by atoms with Gasteiger partial charge in [0.2, 0.25) is 0 Å². The highest BCUT2D eigenvalue weighted by Crippen LogP contribution is 1.89. The van der Waals surface area contributed by atoms with E-state index in [1.165, 1.54) is 8.44 Å². The smallest absolute Gasteiger partial charge is 0.275 e. The van der Waals surface area contributed by atoms with E-state index in [-0.39, 0.29) is 0 Å². The lowest BCUT2D eigenvalue weighted by molar-refractivity contribution is 0.503. The average Bonchev–Trinajstić information content (AvgIpc) is 1.96. The molecule has 0 radical (unpaired) electrons. The van der Waals surface area contributed by atoms with Crippen LogP contribution in [0.15, 0.2) is 39.5 Å². The Bertz CT molecular complexity index is 129. The molecule has 0 fully saturated rings. The lowest BCUT2D eigenvalue weighted by atomic mass is 11.3. The quantitative estimate of drug-likeness (QED) is 0.368. The first-order valence-electron chi connectivity index (χ1n) is 2.25. The minimum absolute atomic E-state index is 1.24. The largest absolute Gasteiger partial charge is 0.283 e. The van der Waals surface area contributed by atoms with Gasteiger partial charge in [-0.15, -0.1) is 39.5 Å². The summed E-state index contributed by atoms with van der Waals surface area (Å²) in [5.74, 6) is 0. The second-order valence-corrected chi connectivity index (χ2v) is 3.33. The van der Waals surface area contributed by atoms with Crippen molar-refractivity contribution in [2.24, 2.45) is 0 Å². The van der Waals surface area contributed by atoms with Crippen molar-refractivity contribution in [1.29, 1.82) is 0 Å². The number of hydrogen-bond acceptors (Lipinski definition) is 2. The Morgan fingerprint density at radius 3 is 0.909 bits per heavy atom. The predicted molar refractivity (Wildman–Crippen MR) is 55.0 cm³/mol. The second-order valence-electron chi connectivity index (χ2n) is 0.515. The SMILES string of the molecule is C=C.C=C.C=C.O=S(=O)(O)P. The van der Waals surface area contributed by atoms with Crippen molar-refractivity contribution in [3.63, 3.8) is 0 Å². The predicted octanol–water partition coefficient (Wildman–Crippen LogP) is 2.07. The molecule has 0 aliphatic carbocycles. The minimum Gasteiger partial charge on any atom is -0.283 e. The molecular weight excluding hydrogens is 183 g/mol. The van der Waals surface area contributed by atoms with Crippen molar-refractivity contribution in [3.8, 4) is 0 Å². The van der Waals surface area contributed by atoms with Crippen LogP contribution in [0.5, 0.6) is 0 Å². The molecule has 0 amide bonds. The van der Waals surface area contributed by atoms with Gasteiger partial charge in [-0.05, 0) is 0 Å². The molecule has 0 aromatic rings. The van der Waals surface area contributed by atoms with Gasteiger partial charge in [-0.1, -0.05) is 0 Å². The molecule has 0 aromatic heterocycles. The molecule has 0 aliphatic heterocycles. The van der Waals surface area contributed by atoms with Crippen LogP contribution >= 0.6 is 8.44 Å². The van der Waals surface area contributed by atoms with Crippen molar-refractivity contribution >= 4 is 18.2 Å². The van der Waals surface area contributed by atoms with Gasteiger partial charge in [-0.2, -0.15) is 8.42 Å². The Balaban J connectivity index is -0.0000000350. The third-order valence-corrected chi connectivity index (χ3v) is 0. The molecule has 1 N–H and O–H groups in total. The highest BCUT2D eigenvalue weighted by atomic mass is 32.7. The molecule has 0 heterocycles. The monoisotopic (exact) mass is 198 g/mol. The lowest BCUT2D eigenvalue weighted by Crippen LogP contribution is -1.76. The summed E-state index contributed by atoms with van der Waals surface area (Å²) >= 11 is 0. The van der Waals surface area contributed by atoms with Gasteiger partial charge in [-0.3, -0.25) is 4.55 Å². The normalized spacial score (nSPS) is 6.36. The van der Waals surface area contributed by atoms with Crippen LogP contribution in [0.4, 0.5) is 0 Å². The van der Waals surface area contributed by atoms with E-state index in [1.54, 1.807) is 0 Å². The van der Waals surface area contributed by atoms with E-state index in [1.807, 2.05) is 0 Å². The van der Waals surface area contributed by atoms with Gasteiger partial charge < -0.3 is 0 Å². The molecule has 0 rings (SSSR count). The molecule has 0 saturated carbocycles. The van der Waals surface area contributed by atoms with Gasteiger partial charge in [0.25, 0.3) is 9.74 Å². The molecule has 11 heavy (non-hydrogen) atoms. The van der Waals surface area contributed by atoms with E-state index in [0.717, 1.165) is 0 Å². The Kier molecular flexibility index (Phi) is 46.2. The first-order valence-corrected chi connectivity index (χ1v) is 5.17. The van der Waals surface area contributed by atoms with Crippen molar-refractivity contribution in [2.45, 2.75) is 0 Å². The van der Waals surface area contributed by atoms with E-state index < -0.39 is 9.74 Å². The molecule has 0 aromatic carbocycles. The molecule has 0 saturated heterocycles. The first kappa shape index (κ1) is 22.4. The van der Waals surface area contributed by atoms with Crippen molar-refractivity contribution in [3.05, 3.63) is 39.5 Å². The Labute approximate surface area is 71.2 Å². The van der Waals surface area contributed by atoms with Crippen LogP contribution in [-0.2, 0) is 9.74 Å². The third-order valence-electron chi connectivity index (χ3n) is 0. The van der Waals surface area contributed by atoms with Gasteiger partial charge in [0.15, 0.2) is 0 Å². The average molecular weight is 198 g/mol. The summed E-state index contributed by atoms with van der Waals surface area (Å²) in [6.45, 7) is 18.0. The molecule has 1 unspecified atom stereocenters. The third kappa shape index (κ3) is 2820. The summed E-state index contributed by atoms with van der Waals surface area (Å²) in [7, 11) is -2.51. The topological polar surface area (TPSA) is 54.4 Å². The van der Waals surface area contributed by atoms with Gasteiger partial charge in [0, 0.05) is 8.44 Å². The van der Waals surface area contributed by atoms with Crippen molar-refractivity contribution in [2.75, 3.05) is 0 Å². The molecule has 0 bridgehead atoms. The van der Waals surface area contributed by atoms with Crippen LogP contribution in [0, 0.1) is 0 Å². The molecular formula is C6H15O3PS. The Morgan fingerprint density at radius 2 is 0.909 bits per heavy atom. The molecule has 68 valence electrons. The van der Waals surface area contributed by atoms with Crippen LogP contribution in [0.2, 0.25) is 0 Å². The Morgan fingerprint density at radius 1 is 0.909 bits per heavy atom. The first-order chi connectivity index (χ1) is 5.00. The summed E-state index contributed by atoms with van der Waals surface area (Å²) in [6.07, 6.45) is 0. The summed E-state index contributed by atoms with van der Waals surface area (Å²) in [4.78, 5) is 0. The number of hydrogen-bond donors (Lipinski definition) is 1. The van der Waals surface area contributed by atoms with E-state index in [2.05, 4.69) is 39.5 Å². The fraction of sp³-hybridized carbons (Fsp3) is 0. The molecule has 0 aliphatic rings. The zero-order chi connectivity index (χ0) is 10.5. The minimum atomic E-state index is -3.75. The van der Waals surface area contributed by atoms with Gasteiger partial charge in [-0.25, -0.2) is 0 Å². The molecule has 1 atom stereocenters. The molecule has 0 spiro atoms. The summed E-state index contributed by atoms with van der Waals surface area (Å²) in [5.41, 5.74) is 0. The Hall–Kier alpha value is -0.440. The van der Waals surface area contributed by atoms with E-state index in [9.17, 15) is 0 Å². The fourth-order valence-electron chi connectivity index (χ4n) is 0. The maximum absolute atomic E-state index is 9.15. The highest BCUT2D eigenvalue weighted by Gasteiger charge is 1.81. The van der Waals surface area contributed by atoms with Crippen LogP contribution in [0.1, 0.15) is 0 Å². The van der Waals surface area contributed by atoms with Gasteiger partial charge >= 0.3 is 0 Å². The van der Waals surface area contributed by atoms with Gasteiger partial charge in [0.1, 0.15) is 0 Å². The van der Waals surface area contributed by atoms with E-state index in [0.29, 0.717) is 0 Å². The zero-order valence-corrected chi connectivity index (χ0v) is 8.46. The van der Waals surface area contributed by atoms with Gasteiger partial charge in [0.05, 0.1) is 0 Å². The zero-order valence-electron chi connectivity index (χ0n) is 6.49. The summed E-state index contributed by atoms with van der Waals surface area (Å²) in [5, 5.41) is 0. The van der Waals surface area contributed by atoms with Crippen LogP contribution in [0.25, 0.3) is 0 Å². The maximum Gasteiger partial charge on any atom is 0.275 e. The summed E-state index contributed by atoms with van der Waals surface area (Å²) < 4.78 is 25.8. The van der Waals surface area contributed by atoms with Crippen molar-refractivity contribution in [1.82, 2.24) is 0 Å². The second kappa shape index (κ2) is 22.7. The standard InChI is InChI=1S/3C2H4.H3O3PS/c3*1-2;1-5(2,3)4/h3*1-2H2;4H2,(H,1,2,3). The van der Waals surface area contributed by atoms with E-state index in [4.69, 9.17) is 13.0 Å². The van der Waals surface area contributed by atoms with Crippen LogP contribution in [-0.4, -0.2) is 13.0 Å². The van der Waals surface area contributed by atoms with Crippen molar-refractivity contribution < 1.29 is 13.0 Å². The van der Waals surface area contributed by atoms with Crippen LogP contribution < -0.4 is 0 Å². The van der Waals surface area contributed by atoms with E-state index >= 15 is 0 Å². The lowest BCUT2D eigenvalue weighted by Gasteiger charge is -1.69. The highest BCUT2D eigenvalue weighted by molar-refractivity contribution is 8.34.